The van der Waals surface area contributed by atoms with Gasteiger partial charge in [-0.2, -0.15) is 0 Å². The lowest BCUT2D eigenvalue weighted by Gasteiger charge is -2.28. The number of carbonyl (C=O) groups is 1. The van der Waals surface area contributed by atoms with Crippen molar-refractivity contribution in [2.45, 2.75) is 38.8 Å². The van der Waals surface area contributed by atoms with E-state index in [4.69, 9.17) is 14.6 Å². The Hall–Kier alpha value is -1.33. The van der Waals surface area contributed by atoms with Crippen LogP contribution < -0.4 is 5.32 Å². The molecule has 5 heteroatoms. The second-order valence-electron chi connectivity index (χ2n) is 4.31. The summed E-state index contributed by atoms with van der Waals surface area (Å²) in [5.41, 5.74) is -0.162. The van der Waals surface area contributed by atoms with Crippen LogP contribution in [0.5, 0.6) is 0 Å². The zero-order valence-corrected chi connectivity index (χ0v) is 10.2. The number of nitrogens with one attached hydrogen (secondary N) is 1. The number of carboxylic acids is 1. The average molecular weight is 241 g/mol. The number of furan rings is 1. The number of aliphatic hydroxyl groups is 1. The van der Waals surface area contributed by atoms with Gasteiger partial charge >= 0.3 is 5.97 Å². The summed E-state index contributed by atoms with van der Waals surface area (Å²) in [7, 11) is 0. The smallest absolute Gasteiger partial charge is 0.371 e. The molecule has 0 saturated heterocycles. The molecule has 1 atom stereocenters. The number of hydrogen-bond donors (Lipinski definition) is 3. The predicted octanol–water partition coefficient (Wildman–Crippen LogP) is 1.62. The third kappa shape index (κ3) is 3.87. The van der Waals surface area contributed by atoms with Crippen LogP contribution in [0.3, 0.4) is 0 Å². The zero-order valence-electron chi connectivity index (χ0n) is 10.2. The summed E-state index contributed by atoms with van der Waals surface area (Å²) >= 11 is 0. The molecule has 1 aromatic rings. The van der Waals surface area contributed by atoms with Crippen LogP contribution in [0.2, 0.25) is 0 Å². The van der Waals surface area contributed by atoms with Crippen molar-refractivity contribution in [3.8, 4) is 0 Å². The number of aliphatic hydroxyl groups excluding tert-OH is 1. The van der Waals surface area contributed by atoms with Crippen LogP contribution in [0.4, 0.5) is 0 Å². The molecule has 0 aliphatic rings. The molecular weight excluding hydrogens is 222 g/mol. The molecule has 1 heterocycles. The van der Waals surface area contributed by atoms with E-state index in [0.717, 1.165) is 6.42 Å². The highest BCUT2D eigenvalue weighted by Gasteiger charge is 2.21. The van der Waals surface area contributed by atoms with Gasteiger partial charge in [0.05, 0.1) is 6.54 Å². The van der Waals surface area contributed by atoms with Gasteiger partial charge in [0.25, 0.3) is 0 Å². The summed E-state index contributed by atoms with van der Waals surface area (Å²) in [6.45, 7) is 4.63. The van der Waals surface area contributed by atoms with E-state index in [1.807, 2.05) is 13.8 Å². The number of hydrogen-bond acceptors (Lipinski definition) is 4. The summed E-state index contributed by atoms with van der Waals surface area (Å²) in [6.07, 6.45) is 1.52. The fourth-order valence-electron chi connectivity index (χ4n) is 1.53. The molecule has 5 nitrogen and oxygen atoms in total. The molecule has 0 aliphatic heterocycles. The van der Waals surface area contributed by atoms with E-state index in [2.05, 4.69) is 5.32 Å². The second kappa shape index (κ2) is 5.84. The maximum Gasteiger partial charge on any atom is 0.371 e. The van der Waals surface area contributed by atoms with E-state index in [9.17, 15) is 4.79 Å². The summed E-state index contributed by atoms with van der Waals surface area (Å²) in [4.78, 5) is 10.6. The molecule has 1 rings (SSSR count). The molecule has 0 spiro atoms. The minimum atomic E-state index is -1.06. The lowest BCUT2D eigenvalue weighted by atomic mass is 9.95. The Kier molecular flexibility index (Phi) is 4.72. The SMILES string of the molecule is CCC(C)(CCO)NCc1ccc(C(=O)O)o1. The van der Waals surface area contributed by atoms with E-state index in [1.54, 1.807) is 6.07 Å². The Morgan fingerprint density at radius 3 is 2.71 bits per heavy atom. The van der Waals surface area contributed by atoms with Gasteiger partial charge in [-0.25, -0.2) is 4.79 Å². The van der Waals surface area contributed by atoms with Crippen molar-refractivity contribution >= 4 is 5.97 Å². The molecule has 96 valence electrons. The van der Waals surface area contributed by atoms with Crippen molar-refractivity contribution < 1.29 is 19.4 Å². The molecule has 0 amide bonds. The Labute approximate surface area is 100 Å². The van der Waals surface area contributed by atoms with Gasteiger partial charge in [-0.1, -0.05) is 6.92 Å². The number of aromatic carboxylic acids is 1. The van der Waals surface area contributed by atoms with E-state index >= 15 is 0 Å². The van der Waals surface area contributed by atoms with Crippen molar-refractivity contribution in [2.75, 3.05) is 6.61 Å². The van der Waals surface area contributed by atoms with Crippen molar-refractivity contribution in [3.05, 3.63) is 23.7 Å². The molecule has 0 bridgehead atoms. The molecule has 1 unspecified atom stereocenters. The lowest BCUT2D eigenvalue weighted by Crippen LogP contribution is -2.41. The fraction of sp³-hybridized carbons (Fsp3) is 0.583. The van der Waals surface area contributed by atoms with Crippen molar-refractivity contribution in [1.29, 1.82) is 0 Å². The first kappa shape index (κ1) is 13.7. The quantitative estimate of drug-likeness (QED) is 0.675. The van der Waals surface area contributed by atoms with E-state index in [1.165, 1.54) is 6.07 Å². The highest BCUT2D eigenvalue weighted by molar-refractivity contribution is 5.84. The maximum absolute atomic E-state index is 10.6. The molecule has 0 saturated carbocycles. The maximum atomic E-state index is 10.6. The Morgan fingerprint density at radius 2 is 2.24 bits per heavy atom. The average Bonchev–Trinajstić information content (AvgIpc) is 2.76. The first-order valence-electron chi connectivity index (χ1n) is 5.68. The van der Waals surface area contributed by atoms with Crippen molar-refractivity contribution in [3.63, 3.8) is 0 Å². The standard InChI is InChI=1S/C12H19NO4/c1-3-12(2,6-7-14)13-8-9-4-5-10(17-9)11(15)16/h4-5,13-14H,3,6-8H2,1-2H3,(H,15,16). The molecule has 0 fully saturated rings. The van der Waals surface area contributed by atoms with Crippen LogP contribution in [0.25, 0.3) is 0 Å². The van der Waals surface area contributed by atoms with E-state index < -0.39 is 5.97 Å². The van der Waals surface area contributed by atoms with Gasteiger partial charge in [0.2, 0.25) is 5.76 Å². The minimum Gasteiger partial charge on any atom is -0.475 e. The topological polar surface area (TPSA) is 82.7 Å². The van der Waals surface area contributed by atoms with Crippen LogP contribution in [0, 0.1) is 0 Å². The Morgan fingerprint density at radius 1 is 1.53 bits per heavy atom. The normalized spacial score (nSPS) is 14.5. The van der Waals surface area contributed by atoms with Gasteiger partial charge in [-0.15, -0.1) is 0 Å². The summed E-state index contributed by atoms with van der Waals surface area (Å²) < 4.78 is 5.14. The van der Waals surface area contributed by atoms with Gasteiger partial charge in [0.15, 0.2) is 0 Å². The van der Waals surface area contributed by atoms with Crippen molar-refractivity contribution in [2.24, 2.45) is 0 Å². The highest BCUT2D eigenvalue weighted by atomic mass is 16.4. The number of carboxylic acid groups (broad SMARTS) is 1. The third-order valence-electron chi connectivity index (χ3n) is 3.01. The van der Waals surface area contributed by atoms with Crippen molar-refractivity contribution in [1.82, 2.24) is 5.32 Å². The Bertz CT molecular complexity index is 374. The van der Waals surface area contributed by atoms with E-state index in [0.29, 0.717) is 18.7 Å². The first-order chi connectivity index (χ1) is 8.00. The van der Waals surface area contributed by atoms with Crippen LogP contribution in [0.15, 0.2) is 16.5 Å². The predicted molar refractivity (Wildman–Crippen MR) is 62.9 cm³/mol. The summed E-state index contributed by atoms with van der Waals surface area (Å²) in [5, 5.41) is 20.9. The summed E-state index contributed by atoms with van der Waals surface area (Å²) in [5.74, 6) is -0.535. The monoisotopic (exact) mass is 241 g/mol. The van der Waals surface area contributed by atoms with Crippen LogP contribution in [-0.4, -0.2) is 28.3 Å². The molecule has 3 N–H and O–H groups in total. The van der Waals surface area contributed by atoms with Gasteiger partial charge < -0.3 is 19.9 Å². The van der Waals surface area contributed by atoms with Crippen LogP contribution in [-0.2, 0) is 6.54 Å². The zero-order chi connectivity index (χ0) is 12.9. The van der Waals surface area contributed by atoms with Gasteiger partial charge in [-0.05, 0) is 31.9 Å². The van der Waals surface area contributed by atoms with Gasteiger partial charge in [0.1, 0.15) is 5.76 Å². The largest absolute Gasteiger partial charge is 0.475 e. The lowest BCUT2D eigenvalue weighted by molar-refractivity contribution is 0.0660. The van der Waals surface area contributed by atoms with Gasteiger partial charge in [0, 0.05) is 12.1 Å². The fourth-order valence-corrected chi connectivity index (χ4v) is 1.53. The van der Waals surface area contributed by atoms with Crippen LogP contribution >= 0.6 is 0 Å². The summed E-state index contributed by atoms with van der Waals surface area (Å²) in [6, 6.07) is 3.08. The van der Waals surface area contributed by atoms with E-state index in [-0.39, 0.29) is 17.9 Å². The highest BCUT2D eigenvalue weighted by Crippen LogP contribution is 2.16. The third-order valence-corrected chi connectivity index (χ3v) is 3.01. The number of rotatable bonds is 7. The minimum absolute atomic E-state index is 0.0536. The molecule has 17 heavy (non-hydrogen) atoms. The molecule has 0 radical (unpaired) electrons. The van der Waals surface area contributed by atoms with Gasteiger partial charge in [-0.3, -0.25) is 0 Å². The molecular formula is C12H19NO4. The molecule has 0 aliphatic carbocycles. The Balaban J connectivity index is 2.56. The second-order valence-corrected chi connectivity index (χ2v) is 4.31. The molecule has 1 aromatic heterocycles. The first-order valence-corrected chi connectivity index (χ1v) is 5.68. The molecule has 0 aromatic carbocycles. The van der Waals surface area contributed by atoms with Crippen LogP contribution in [0.1, 0.15) is 43.0 Å².